The lowest BCUT2D eigenvalue weighted by Crippen LogP contribution is -2.24. The van der Waals surface area contributed by atoms with E-state index in [9.17, 15) is 4.79 Å². The molecular weight excluding hydrogens is 364 g/mol. The predicted molar refractivity (Wildman–Crippen MR) is 110 cm³/mol. The van der Waals surface area contributed by atoms with E-state index in [1.54, 1.807) is 12.2 Å². The minimum absolute atomic E-state index is 0.0773. The van der Waals surface area contributed by atoms with E-state index in [0.717, 1.165) is 20.9 Å². The summed E-state index contributed by atoms with van der Waals surface area (Å²) in [5.41, 5.74) is 3.24. The van der Waals surface area contributed by atoms with Crippen molar-refractivity contribution in [2.45, 2.75) is 23.6 Å². The van der Waals surface area contributed by atoms with E-state index in [1.807, 2.05) is 19.2 Å². The van der Waals surface area contributed by atoms with Crippen molar-refractivity contribution in [2.75, 3.05) is 29.6 Å². The smallest absolute Gasteiger partial charge is 0.206 e. The van der Waals surface area contributed by atoms with Crippen LogP contribution in [0.15, 0.2) is 53.0 Å². The molecule has 26 heavy (non-hydrogen) atoms. The molecule has 0 radical (unpaired) electrons. The van der Waals surface area contributed by atoms with Crippen LogP contribution < -0.4 is 10.2 Å². The summed E-state index contributed by atoms with van der Waals surface area (Å²) in [6.45, 7) is 8.62. The third kappa shape index (κ3) is 3.68. The molecule has 1 N–H and O–H groups in total. The number of hydrogen-bond donors (Lipinski definition) is 1. The van der Waals surface area contributed by atoms with Crippen molar-refractivity contribution in [3.05, 3.63) is 54.3 Å². The highest BCUT2D eigenvalue weighted by molar-refractivity contribution is 8.01. The van der Waals surface area contributed by atoms with Crippen LogP contribution >= 0.6 is 23.1 Å². The molecule has 0 amide bonds. The zero-order valence-corrected chi connectivity index (χ0v) is 16.8. The van der Waals surface area contributed by atoms with Gasteiger partial charge in [0.15, 0.2) is 10.1 Å². The van der Waals surface area contributed by atoms with Gasteiger partial charge >= 0.3 is 0 Å². The summed E-state index contributed by atoms with van der Waals surface area (Å²) in [6.07, 6.45) is 3.53. The Morgan fingerprint density at radius 1 is 1.38 bits per heavy atom. The number of hydrogen-bond acceptors (Lipinski definition) is 7. The maximum Gasteiger partial charge on any atom is 0.206 e. The van der Waals surface area contributed by atoms with Gasteiger partial charge in [-0.2, -0.15) is 0 Å². The number of aromatic nitrogens is 2. The first-order chi connectivity index (χ1) is 12.4. The number of nitrogens with one attached hydrogen (secondary N) is 1. The van der Waals surface area contributed by atoms with E-state index in [0.29, 0.717) is 12.3 Å². The molecule has 0 aliphatic carbocycles. The molecule has 0 unspecified atom stereocenters. The number of para-hydroxylation sites is 1. The lowest BCUT2D eigenvalue weighted by molar-refractivity contribution is -0.112. The number of ketones is 1. The van der Waals surface area contributed by atoms with Crippen LogP contribution in [0.4, 0.5) is 10.8 Å². The van der Waals surface area contributed by atoms with Gasteiger partial charge in [0.1, 0.15) is 0 Å². The van der Waals surface area contributed by atoms with Gasteiger partial charge in [-0.15, -0.1) is 16.8 Å². The highest BCUT2D eigenvalue weighted by atomic mass is 32.2. The van der Waals surface area contributed by atoms with Gasteiger partial charge in [-0.25, -0.2) is 0 Å². The Kier molecular flexibility index (Phi) is 5.48. The van der Waals surface area contributed by atoms with Crippen LogP contribution in [0.25, 0.3) is 0 Å². The first kappa shape index (κ1) is 18.7. The van der Waals surface area contributed by atoms with Crippen molar-refractivity contribution >= 4 is 39.7 Å². The van der Waals surface area contributed by atoms with E-state index in [-0.39, 0.29) is 11.2 Å². The quantitative estimate of drug-likeness (QED) is 0.439. The molecule has 1 aromatic carbocycles. The standard InChI is InChI=1S/C19H22N4OS2/c1-5-10-20-17-21-22-18(26-17)25-12-13(24)11-16-19(2,3)14-8-6-7-9-15(14)23(16)4/h5-9,11H,1,10,12H2,2-4H3,(H,20,21)/b16-11-. The van der Waals surface area contributed by atoms with E-state index >= 15 is 0 Å². The molecule has 3 rings (SSSR count). The van der Waals surface area contributed by atoms with Crippen LogP contribution in [-0.2, 0) is 10.2 Å². The van der Waals surface area contributed by atoms with Gasteiger partial charge in [0.2, 0.25) is 5.13 Å². The van der Waals surface area contributed by atoms with Gasteiger partial charge in [-0.3, -0.25) is 4.79 Å². The summed E-state index contributed by atoms with van der Waals surface area (Å²) < 4.78 is 0.783. The summed E-state index contributed by atoms with van der Waals surface area (Å²) >= 11 is 2.86. The molecule has 2 aromatic rings. The highest BCUT2D eigenvalue weighted by Crippen LogP contribution is 2.46. The zero-order valence-electron chi connectivity index (χ0n) is 15.2. The van der Waals surface area contributed by atoms with Crippen molar-refractivity contribution in [1.82, 2.24) is 10.2 Å². The molecule has 1 aliphatic heterocycles. The van der Waals surface area contributed by atoms with Gasteiger partial charge in [0.25, 0.3) is 0 Å². The number of benzene rings is 1. The fourth-order valence-corrected chi connectivity index (χ4v) is 4.67. The average Bonchev–Trinajstić information content (AvgIpc) is 3.16. The Morgan fingerprint density at radius 3 is 2.88 bits per heavy atom. The second kappa shape index (κ2) is 7.63. The molecular formula is C19H22N4OS2. The summed E-state index contributed by atoms with van der Waals surface area (Å²) in [6, 6.07) is 8.29. The number of likely N-dealkylation sites (N-methyl/N-ethyl adjacent to an activating group) is 1. The largest absolute Gasteiger partial charge is 0.357 e. The van der Waals surface area contributed by atoms with Crippen LogP contribution in [0.2, 0.25) is 0 Å². The molecule has 0 spiro atoms. The van der Waals surface area contributed by atoms with Crippen LogP contribution in [-0.4, -0.2) is 35.3 Å². The molecule has 7 heteroatoms. The second-order valence-corrected chi connectivity index (χ2v) is 8.73. The summed E-state index contributed by atoms with van der Waals surface area (Å²) in [5, 5.41) is 12.0. The van der Waals surface area contributed by atoms with Gasteiger partial charge < -0.3 is 10.2 Å². The first-order valence-electron chi connectivity index (χ1n) is 8.33. The van der Waals surface area contributed by atoms with E-state index in [1.165, 1.54) is 28.7 Å². The monoisotopic (exact) mass is 386 g/mol. The van der Waals surface area contributed by atoms with E-state index in [4.69, 9.17) is 0 Å². The maximum absolute atomic E-state index is 12.5. The Morgan fingerprint density at radius 2 is 2.15 bits per heavy atom. The normalized spacial score (nSPS) is 16.6. The third-order valence-electron chi connectivity index (χ3n) is 4.38. The zero-order chi connectivity index (χ0) is 18.7. The minimum atomic E-state index is -0.184. The molecule has 136 valence electrons. The third-order valence-corrected chi connectivity index (χ3v) is 6.42. The number of rotatable bonds is 7. The van der Waals surface area contributed by atoms with Crippen molar-refractivity contribution < 1.29 is 4.79 Å². The van der Waals surface area contributed by atoms with Gasteiger partial charge in [-0.05, 0) is 11.6 Å². The number of anilines is 2. The maximum atomic E-state index is 12.5. The molecule has 0 atom stereocenters. The molecule has 0 saturated carbocycles. The first-order valence-corrected chi connectivity index (χ1v) is 10.1. The Labute approximate surface area is 162 Å². The fourth-order valence-electron chi connectivity index (χ4n) is 3.08. The Hall–Kier alpha value is -2.12. The van der Waals surface area contributed by atoms with Crippen molar-refractivity contribution in [1.29, 1.82) is 0 Å². The summed E-state index contributed by atoms with van der Waals surface area (Å²) in [4.78, 5) is 14.7. The van der Waals surface area contributed by atoms with Crippen LogP contribution in [0.3, 0.4) is 0 Å². The molecule has 0 saturated heterocycles. The van der Waals surface area contributed by atoms with Crippen molar-refractivity contribution in [3.8, 4) is 0 Å². The predicted octanol–water partition coefficient (Wildman–Crippen LogP) is 4.11. The van der Waals surface area contributed by atoms with Gasteiger partial charge in [0.05, 0.1) is 5.75 Å². The number of allylic oxidation sites excluding steroid dienone is 2. The molecule has 1 aromatic heterocycles. The molecule has 0 fully saturated rings. The summed E-state index contributed by atoms with van der Waals surface area (Å²) in [5.74, 6) is 0.424. The second-order valence-electron chi connectivity index (χ2n) is 6.53. The number of carbonyl (C=O) groups excluding carboxylic acids is 1. The van der Waals surface area contributed by atoms with Crippen LogP contribution in [0, 0.1) is 0 Å². The van der Waals surface area contributed by atoms with Crippen LogP contribution in [0.1, 0.15) is 19.4 Å². The SMILES string of the molecule is C=CCNc1nnc(SCC(=O)/C=C2\N(C)c3ccccc3C2(C)C)s1. The number of nitrogens with zero attached hydrogens (tertiary/aromatic N) is 3. The molecule has 2 heterocycles. The van der Waals surface area contributed by atoms with E-state index in [2.05, 4.69) is 53.0 Å². The molecule has 5 nitrogen and oxygen atoms in total. The van der Waals surface area contributed by atoms with Gasteiger partial charge in [0, 0.05) is 36.5 Å². The van der Waals surface area contributed by atoms with Gasteiger partial charge in [-0.1, -0.05) is 61.2 Å². The van der Waals surface area contributed by atoms with Crippen LogP contribution in [0.5, 0.6) is 0 Å². The topological polar surface area (TPSA) is 58.1 Å². The van der Waals surface area contributed by atoms with Crippen molar-refractivity contribution in [2.24, 2.45) is 0 Å². The highest BCUT2D eigenvalue weighted by Gasteiger charge is 2.38. The fraction of sp³-hybridized carbons (Fsp3) is 0.316. The lowest BCUT2D eigenvalue weighted by Gasteiger charge is -2.23. The summed E-state index contributed by atoms with van der Waals surface area (Å²) in [7, 11) is 2.02. The lowest BCUT2D eigenvalue weighted by atomic mass is 9.83. The molecule has 1 aliphatic rings. The Bertz CT molecular complexity index is 857. The van der Waals surface area contributed by atoms with Crippen molar-refractivity contribution in [3.63, 3.8) is 0 Å². The number of thioether (sulfide) groups is 1. The number of fused-ring (bicyclic) bond motifs is 1. The average molecular weight is 387 g/mol. The van der Waals surface area contributed by atoms with E-state index < -0.39 is 0 Å². The number of carbonyl (C=O) groups is 1. The Balaban J connectivity index is 1.67. The molecule has 0 bridgehead atoms. The minimum Gasteiger partial charge on any atom is -0.357 e.